The number of hydrogen-bond donors (Lipinski definition) is 0. The highest BCUT2D eigenvalue weighted by Crippen LogP contribution is 2.29. The summed E-state index contributed by atoms with van der Waals surface area (Å²) in [5.74, 6) is -1.66. The van der Waals surface area contributed by atoms with Crippen LogP contribution in [0.15, 0.2) is 12.1 Å². The smallest absolute Gasteiger partial charge is 0.387 e. The fourth-order valence-electron chi connectivity index (χ4n) is 0.934. The Kier molecular flexibility index (Phi) is 3.89. The Balaban J connectivity index is 3.11. The van der Waals surface area contributed by atoms with E-state index >= 15 is 0 Å². The first-order valence-electron chi connectivity index (χ1n) is 3.53. The summed E-state index contributed by atoms with van der Waals surface area (Å²) >= 11 is 10.9. The number of ether oxygens (including phenoxy) is 1. The Morgan fingerprint density at radius 1 is 1.36 bits per heavy atom. The molecule has 0 amide bonds. The maximum absolute atomic E-state index is 13.1. The first-order chi connectivity index (χ1) is 6.54. The second kappa shape index (κ2) is 4.75. The Hall–Kier alpha value is -0.610. The van der Waals surface area contributed by atoms with E-state index in [1.165, 1.54) is 6.07 Å². The molecular weight excluding hydrogens is 240 g/mol. The van der Waals surface area contributed by atoms with Gasteiger partial charge in [-0.1, -0.05) is 11.6 Å². The third kappa shape index (κ3) is 2.69. The molecule has 0 atom stereocenters. The average Bonchev–Trinajstić information content (AvgIpc) is 2.08. The molecule has 0 N–H and O–H groups in total. The van der Waals surface area contributed by atoms with Crippen molar-refractivity contribution in [2.24, 2.45) is 0 Å². The molecule has 14 heavy (non-hydrogen) atoms. The van der Waals surface area contributed by atoms with Crippen LogP contribution >= 0.6 is 23.2 Å². The molecule has 6 heteroatoms. The van der Waals surface area contributed by atoms with Crippen LogP contribution in [0.1, 0.15) is 5.56 Å². The lowest BCUT2D eigenvalue weighted by atomic mass is 10.2. The van der Waals surface area contributed by atoms with Crippen LogP contribution in [0.3, 0.4) is 0 Å². The van der Waals surface area contributed by atoms with Crippen molar-refractivity contribution >= 4 is 23.2 Å². The second-order valence-electron chi connectivity index (χ2n) is 2.39. The zero-order valence-electron chi connectivity index (χ0n) is 6.74. The molecule has 0 bridgehead atoms. The zero-order chi connectivity index (χ0) is 10.7. The van der Waals surface area contributed by atoms with Gasteiger partial charge in [0.25, 0.3) is 0 Å². The quantitative estimate of drug-likeness (QED) is 0.735. The van der Waals surface area contributed by atoms with Gasteiger partial charge in [0.05, 0.1) is 5.88 Å². The van der Waals surface area contributed by atoms with Crippen LogP contribution in [0, 0.1) is 5.82 Å². The van der Waals surface area contributed by atoms with Crippen molar-refractivity contribution in [1.82, 2.24) is 0 Å². The van der Waals surface area contributed by atoms with Crippen molar-refractivity contribution < 1.29 is 17.9 Å². The number of halogens is 5. The van der Waals surface area contributed by atoms with Gasteiger partial charge in [-0.2, -0.15) is 8.78 Å². The fourth-order valence-corrected chi connectivity index (χ4v) is 1.36. The van der Waals surface area contributed by atoms with Gasteiger partial charge in [-0.25, -0.2) is 4.39 Å². The largest absolute Gasteiger partial charge is 0.431 e. The Labute approximate surface area is 88.4 Å². The normalized spacial score (nSPS) is 10.7. The summed E-state index contributed by atoms with van der Waals surface area (Å²) in [6.07, 6.45) is 0. The van der Waals surface area contributed by atoms with Gasteiger partial charge in [-0.05, 0) is 12.1 Å². The minimum Gasteiger partial charge on any atom is -0.431 e. The highest BCUT2D eigenvalue weighted by molar-refractivity contribution is 6.30. The summed E-state index contributed by atoms with van der Waals surface area (Å²) in [4.78, 5) is 0. The molecule has 0 radical (unpaired) electrons. The summed E-state index contributed by atoms with van der Waals surface area (Å²) in [7, 11) is 0. The maximum atomic E-state index is 13.1. The van der Waals surface area contributed by atoms with E-state index in [1.54, 1.807) is 0 Å². The van der Waals surface area contributed by atoms with Crippen LogP contribution in [-0.2, 0) is 5.88 Å². The molecule has 1 rings (SSSR count). The molecule has 0 saturated carbocycles. The molecule has 0 saturated heterocycles. The van der Waals surface area contributed by atoms with E-state index in [0.717, 1.165) is 6.07 Å². The predicted octanol–water partition coefficient (Wildman–Crippen LogP) is 3.82. The molecule has 0 aromatic heterocycles. The lowest BCUT2D eigenvalue weighted by molar-refractivity contribution is -0.0527. The highest BCUT2D eigenvalue weighted by Gasteiger charge is 2.15. The first-order valence-corrected chi connectivity index (χ1v) is 4.44. The molecule has 1 aromatic rings. The Morgan fingerprint density at radius 2 is 2.00 bits per heavy atom. The van der Waals surface area contributed by atoms with Gasteiger partial charge in [0.2, 0.25) is 0 Å². The van der Waals surface area contributed by atoms with E-state index in [0.29, 0.717) is 0 Å². The first kappa shape index (κ1) is 11.5. The molecule has 1 nitrogen and oxygen atoms in total. The van der Waals surface area contributed by atoms with Gasteiger partial charge < -0.3 is 4.74 Å². The van der Waals surface area contributed by atoms with E-state index in [-0.39, 0.29) is 16.5 Å². The van der Waals surface area contributed by atoms with E-state index in [2.05, 4.69) is 4.74 Å². The lowest BCUT2D eigenvalue weighted by Crippen LogP contribution is -2.06. The van der Waals surface area contributed by atoms with Crippen LogP contribution < -0.4 is 4.74 Å². The van der Waals surface area contributed by atoms with Crippen molar-refractivity contribution in [2.45, 2.75) is 12.5 Å². The molecule has 0 aliphatic carbocycles. The minimum atomic E-state index is -3.09. The monoisotopic (exact) mass is 244 g/mol. The van der Waals surface area contributed by atoms with E-state index in [4.69, 9.17) is 23.2 Å². The summed E-state index contributed by atoms with van der Waals surface area (Å²) in [5.41, 5.74) is 0.0944. The van der Waals surface area contributed by atoms with Gasteiger partial charge in [0.15, 0.2) is 11.6 Å². The second-order valence-corrected chi connectivity index (χ2v) is 3.09. The number of benzene rings is 1. The third-order valence-electron chi connectivity index (χ3n) is 1.44. The van der Waals surface area contributed by atoms with Crippen molar-refractivity contribution in [3.05, 3.63) is 28.5 Å². The maximum Gasteiger partial charge on any atom is 0.387 e. The molecule has 0 heterocycles. The van der Waals surface area contributed by atoms with Crippen molar-refractivity contribution in [1.29, 1.82) is 0 Å². The molecular formula is C8H5Cl2F3O. The van der Waals surface area contributed by atoms with E-state index in [1.807, 2.05) is 0 Å². The van der Waals surface area contributed by atoms with Crippen LogP contribution in [0.4, 0.5) is 13.2 Å². The predicted molar refractivity (Wildman–Crippen MR) is 47.6 cm³/mol. The summed E-state index contributed by atoms with van der Waals surface area (Å²) in [5, 5.41) is 0.0831. The fraction of sp³-hybridized carbons (Fsp3) is 0.250. The Bertz CT molecular complexity index is 331. The molecule has 0 unspecified atom stereocenters. The lowest BCUT2D eigenvalue weighted by Gasteiger charge is -2.09. The minimum absolute atomic E-state index is 0.0831. The number of alkyl halides is 3. The summed E-state index contributed by atoms with van der Waals surface area (Å²) < 4.78 is 40.7. The van der Waals surface area contributed by atoms with Crippen LogP contribution in [0.2, 0.25) is 5.02 Å². The Morgan fingerprint density at radius 3 is 2.50 bits per heavy atom. The van der Waals surface area contributed by atoms with E-state index < -0.39 is 18.2 Å². The van der Waals surface area contributed by atoms with Gasteiger partial charge in [0.1, 0.15) is 0 Å². The van der Waals surface area contributed by atoms with Crippen LogP contribution in [0.25, 0.3) is 0 Å². The molecule has 0 fully saturated rings. The number of hydrogen-bond acceptors (Lipinski definition) is 1. The average molecular weight is 245 g/mol. The van der Waals surface area contributed by atoms with Crippen molar-refractivity contribution in [3.8, 4) is 5.75 Å². The standard InChI is InChI=1S/C8H5Cl2F3O/c9-3-4-1-5(10)2-6(11)7(4)14-8(12)13/h1-2,8H,3H2. The van der Waals surface area contributed by atoms with Crippen LogP contribution in [0.5, 0.6) is 5.75 Å². The highest BCUT2D eigenvalue weighted by atomic mass is 35.5. The van der Waals surface area contributed by atoms with Gasteiger partial charge in [0, 0.05) is 10.6 Å². The number of rotatable bonds is 3. The topological polar surface area (TPSA) is 9.23 Å². The molecule has 0 aliphatic heterocycles. The van der Waals surface area contributed by atoms with Gasteiger partial charge in [-0.15, -0.1) is 11.6 Å². The molecule has 78 valence electrons. The van der Waals surface area contributed by atoms with Crippen LogP contribution in [-0.4, -0.2) is 6.61 Å². The molecule has 0 aliphatic rings. The van der Waals surface area contributed by atoms with E-state index in [9.17, 15) is 13.2 Å². The third-order valence-corrected chi connectivity index (χ3v) is 1.94. The zero-order valence-corrected chi connectivity index (χ0v) is 8.25. The van der Waals surface area contributed by atoms with Gasteiger partial charge in [-0.3, -0.25) is 0 Å². The van der Waals surface area contributed by atoms with Crippen molar-refractivity contribution in [2.75, 3.05) is 0 Å². The summed E-state index contributed by atoms with van der Waals surface area (Å²) in [6.45, 7) is -3.09. The van der Waals surface area contributed by atoms with Gasteiger partial charge >= 0.3 is 6.61 Å². The SMILES string of the molecule is Fc1cc(Cl)cc(CCl)c1OC(F)F. The molecule has 1 aromatic carbocycles. The summed E-state index contributed by atoms with van der Waals surface area (Å²) in [6, 6.07) is 2.16. The van der Waals surface area contributed by atoms with Crippen molar-refractivity contribution in [3.63, 3.8) is 0 Å². The molecule has 0 spiro atoms.